The third-order valence-corrected chi connectivity index (χ3v) is 4.22. The number of hydrogen-bond acceptors (Lipinski definition) is 2. The molecule has 0 aliphatic heterocycles. The third kappa shape index (κ3) is 4.02. The minimum Gasteiger partial charge on any atom is -0.352 e. The molecule has 0 heterocycles. The highest BCUT2D eigenvalue weighted by Crippen LogP contribution is 2.26. The molecule has 1 aliphatic rings. The molecule has 0 saturated heterocycles. The lowest BCUT2D eigenvalue weighted by Gasteiger charge is -2.11. The highest BCUT2D eigenvalue weighted by Gasteiger charge is 2.24. The van der Waals surface area contributed by atoms with E-state index in [-0.39, 0.29) is 11.8 Å². The molecule has 3 rings (SSSR count). The molecular formula is C20H22N2O2. The first-order valence-corrected chi connectivity index (χ1v) is 8.28. The van der Waals surface area contributed by atoms with Crippen molar-refractivity contribution in [2.75, 3.05) is 0 Å². The average Bonchev–Trinajstić information content (AvgIpc) is 3.38. The van der Waals surface area contributed by atoms with Crippen molar-refractivity contribution in [1.82, 2.24) is 10.6 Å². The highest BCUT2D eigenvalue weighted by molar-refractivity contribution is 5.96. The Morgan fingerprint density at radius 3 is 2.42 bits per heavy atom. The molecule has 0 radical (unpaired) electrons. The maximum Gasteiger partial charge on any atom is 0.251 e. The zero-order chi connectivity index (χ0) is 17.1. The van der Waals surface area contributed by atoms with Crippen LogP contribution in [-0.2, 0) is 11.3 Å². The molecule has 0 aromatic heterocycles. The number of aryl methyl sites for hydroxylation is 1. The SMILES string of the molecule is CC(=O)NCc1ccc(-c2cc(C(=O)NC3CC3)ccc2C)cc1. The first kappa shape index (κ1) is 16.2. The molecule has 24 heavy (non-hydrogen) atoms. The molecule has 0 atom stereocenters. The molecule has 4 nitrogen and oxygen atoms in total. The van der Waals surface area contributed by atoms with Gasteiger partial charge in [-0.2, -0.15) is 0 Å². The van der Waals surface area contributed by atoms with E-state index in [4.69, 9.17) is 0 Å². The molecule has 124 valence electrons. The summed E-state index contributed by atoms with van der Waals surface area (Å²) in [6, 6.07) is 14.2. The van der Waals surface area contributed by atoms with Crippen molar-refractivity contribution in [2.24, 2.45) is 0 Å². The predicted molar refractivity (Wildman–Crippen MR) is 94.6 cm³/mol. The van der Waals surface area contributed by atoms with Crippen LogP contribution in [0.4, 0.5) is 0 Å². The number of rotatable bonds is 5. The summed E-state index contributed by atoms with van der Waals surface area (Å²) in [6.07, 6.45) is 2.17. The Morgan fingerprint density at radius 1 is 1.08 bits per heavy atom. The van der Waals surface area contributed by atoms with Crippen LogP contribution in [0.3, 0.4) is 0 Å². The molecule has 1 aliphatic carbocycles. The van der Waals surface area contributed by atoms with Crippen molar-refractivity contribution in [3.8, 4) is 11.1 Å². The standard InChI is InChI=1S/C20H22N2O2/c1-13-3-6-17(20(24)22-18-9-10-18)11-19(13)16-7-4-15(5-8-16)12-21-14(2)23/h3-8,11,18H,9-10,12H2,1-2H3,(H,21,23)(H,22,24). The summed E-state index contributed by atoms with van der Waals surface area (Å²) < 4.78 is 0. The minimum atomic E-state index is -0.0377. The first-order valence-electron chi connectivity index (χ1n) is 8.28. The van der Waals surface area contributed by atoms with Crippen LogP contribution < -0.4 is 10.6 Å². The van der Waals surface area contributed by atoms with Crippen LogP contribution in [0, 0.1) is 6.92 Å². The lowest BCUT2D eigenvalue weighted by molar-refractivity contribution is -0.119. The molecular weight excluding hydrogens is 300 g/mol. The lowest BCUT2D eigenvalue weighted by atomic mass is 9.97. The maximum absolute atomic E-state index is 12.2. The van der Waals surface area contributed by atoms with Crippen molar-refractivity contribution >= 4 is 11.8 Å². The van der Waals surface area contributed by atoms with Gasteiger partial charge in [0, 0.05) is 25.1 Å². The summed E-state index contributed by atoms with van der Waals surface area (Å²) in [5.41, 5.74) is 5.01. The van der Waals surface area contributed by atoms with Gasteiger partial charge in [0.2, 0.25) is 5.91 Å². The predicted octanol–water partition coefficient (Wildman–Crippen LogP) is 3.19. The summed E-state index contributed by atoms with van der Waals surface area (Å²) in [4.78, 5) is 23.2. The van der Waals surface area contributed by atoms with Crippen molar-refractivity contribution in [2.45, 2.75) is 39.3 Å². The summed E-state index contributed by atoms with van der Waals surface area (Å²) >= 11 is 0. The smallest absolute Gasteiger partial charge is 0.251 e. The van der Waals surface area contributed by atoms with Crippen molar-refractivity contribution < 1.29 is 9.59 Å². The fraction of sp³-hybridized carbons (Fsp3) is 0.300. The third-order valence-electron chi connectivity index (χ3n) is 4.22. The number of carbonyl (C=O) groups is 2. The van der Waals surface area contributed by atoms with Gasteiger partial charge in [-0.05, 0) is 54.2 Å². The van der Waals surface area contributed by atoms with Crippen LogP contribution in [-0.4, -0.2) is 17.9 Å². The van der Waals surface area contributed by atoms with Gasteiger partial charge in [0.15, 0.2) is 0 Å². The molecule has 2 aromatic rings. The van der Waals surface area contributed by atoms with Gasteiger partial charge in [0.05, 0.1) is 0 Å². The molecule has 0 bridgehead atoms. The van der Waals surface area contributed by atoms with E-state index in [1.807, 2.05) is 49.4 Å². The topological polar surface area (TPSA) is 58.2 Å². The Kier molecular flexibility index (Phi) is 4.65. The van der Waals surface area contributed by atoms with E-state index < -0.39 is 0 Å². The Labute approximate surface area is 142 Å². The zero-order valence-electron chi connectivity index (χ0n) is 14.1. The molecule has 0 spiro atoms. The number of hydrogen-bond donors (Lipinski definition) is 2. The molecule has 4 heteroatoms. The van der Waals surface area contributed by atoms with E-state index >= 15 is 0 Å². The lowest BCUT2D eigenvalue weighted by Crippen LogP contribution is -2.25. The molecule has 0 unspecified atom stereocenters. The summed E-state index contributed by atoms with van der Waals surface area (Å²) in [7, 11) is 0. The summed E-state index contributed by atoms with van der Waals surface area (Å²) in [5, 5.41) is 5.81. The number of carbonyl (C=O) groups excluding carboxylic acids is 2. The van der Waals surface area contributed by atoms with Crippen molar-refractivity contribution in [3.05, 3.63) is 59.2 Å². The largest absolute Gasteiger partial charge is 0.352 e. The van der Waals surface area contributed by atoms with Gasteiger partial charge in [-0.3, -0.25) is 9.59 Å². The number of benzene rings is 2. The van der Waals surface area contributed by atoms with Crippen molar-refractivity contribution in [1.29, 1.82) is 0 Å². The minimum absolute atomic E-state index is 0.000952. The maximum atomic E-state index is 12.2. The van der Waals surface area contributed by atoms with Gasteiger partial charge in [0.1, 0.15) is 0 Å². The second kappa shape index (κ2) is 6.87. The van der Waals surface area contributed by atoms with E-state index in [1.165, 1.54) is 6.92 Å². The molecule has 2 amide bonds. The van der Waals surface area contributed by atoms with E-state index in [0.29, 0.717) is 18.2 Å². The van der Waals surface area contributed by atoms with Crippen LogP contribution >= 0.6 is 0 Å². The second-order valence-corrected chi connectivity index (χ2v) is 6.38. The molecule has 1 saturated carbocycles. The number of nitrogens with one attached hydrogen (secondary N) is 2. The first-order chi connectivity index (χ1) is 11.5. The fourth-order valence-electron chi connectivity index (χ4n) is 2.60. The summed E-state index contributed by atoms with van der Waals surface area (Å²) in [6.45, 7) is 4.08. The van der Waals surface area contributed by atoms with Gasteiger partial charge in [-0.1, -0.05) is 30.3 Å². The Balaban J connectivity index is 1.79. The van der Waals surface area contributed by atoms with Crippen LogP contribution in [0.15, 0.2) is 42.5 Å². The molecule has 1 fully saturated rings. The van der Waals surface area contributed by atoms with Crippen LogP contribution in [0.25, 0.3) is 11.1 Å². The summed E-state index contributed by atoms with van der Waals surface area (Å²) in [5.74, 6) is -0.0367. The molecule has 2 aromatic carbocycles. The van der Waals surface area contributed by atoms with E-state index in [2.05, 4.69) is 10.6 Å². The second-order valence-electron chi connectivity index (χ2n) is 6.38. The quantitative estimate of drug-likeness (QED) is 0.888. The van der Waals surface area contributed by atoms with Gasteiger partial charge in [-0.25, -0.2) is 0 Å². The van der Waals surface area contributed by atoms with Gasteiger partial charge in [-0.15, -0.1) is 0 Å². The zero-order valence-corrected chi connectivity index (χ0v) is 14.1. The number of amides is 2. The van der Waals surface area contributed by atoms with E-state index in [0.717, 1.165) is 35.1 Å². The van der Waals surface area contributed by atoms with Crippen molar-refractivity contribution in [3.63, 3.8) is 0 Å². The fourth-order valence-corrected chi connectivity index (χ4v) is 2.60. The monoisotopic (exact) mass is 322 g/mol. The van der Waals surface area contributed by atoms with Crippen LogP contribution in [0.1, 0.15) is 41.3 Å². The van der Waals surface area contributed by atoms with Crippen LogP contribution in [0.5, 0.6) is 0 Å². The molecule has 2 N–H and O–H groups in total. The Hall–Kier alpha value is -2.62. The van der Waals surface area contributed by atoms with Gasteiger partial charge in [0.25, 0.3) is 5.91 Å². The average molecular weight is 322 g/mol. The van der Waals surface area contributed by atoms with E-state index in [1.54, 1.807) is 0 Å². The van der Waals surface area contributed by atoms with Gasteiger partial charge >= 0.3 is 0 Å². The Bertz CT molecular complexity index is 762. The van der Waals surface area contributed by atoms with Crippen LogP contribution in [0.2, 0.25) is 0 Å². The van der Waals surface area contributed by atoms with E-state index in [9.17, 15) is 9.59 Å². The normalized spacial score (nSPS) is 13.4. The highest BCUT2D eigenvalue weighted by atomic mass is 16.2. The Morgan fingerprint density at radius 2 is 1.79 bits per heavy atom. The van der Waals surface area contributed by atoms with Gasteiger partial charge < -0.3 is 10.6 Å².